The minimum Gasteiger partial charge on any atom is -0.493 e. The van der Waals surface area contributed by atoms with Crippen LogP contribution >= 0.6 is 0 Å². The van der Waals surface area contributed by atoms with Gasteiger partial charge in [0.1, 0.15) is 17.5 Å². The Morgan fingerprint density at radius 2 is 1.94 bits per heavy atom. The fraction of sp³-hybridized carbons (Fsp3) is 0.429. The van der Waals surface area contributed by atoms with Crippen LogP contribution in [0.25, 0.3) is 0 Å². The fourth-order valence-corrected chi connectivity index (χ4v) is 4.09. The molecule has 7 heteroatoms. The molecule has 1 aliphatic heterocycles. The molecule has 1 aliphatic rings. The first kappa shape index (κ1) is 26.1. The molecule has 0 radical (unpaired) electrons. The lowest BCUT2D eigenvalue weighted by atomic mass is 10.1. The van der Waals surface area contributed by atoms with Gasteiger partial charge in [-0.3, -0.25) is 9.59 Å². The molecule has 188 valence electrons. The van der Waals surface area contributed by atoms with Crippen molar-refractivity contribution in [3.63, 3.8) is 0 Å². The number of aryl methyl sites for hydroxylation is 1. The number of hydrogen-bond acceptors (Lipinski definition) is 5. The Kier molecular flexibility index (Phi) is 10.0. The van der Waals surface area contributed by atoms with Crippen molar-refractivity contribution in [2.75, 3.05) is 19.8 Å². The zero-order valence-electron chi connectivity index (χ0n) is 20.8. The normalized spacial score (nSPS) is 15.5. The Morgan fingerprint density at radius 1 is 1.17 bits per heavy atom. The van der Waals surface area contributed by atoms with Crippen molar-refractivity contribution in [3.8, 4) is 11.5 Å². The smallest absolute Gasteiger partial charge is 0.261 e. The highest BCUT2D eigenvalue weighted by Gasteiger charge is 2.31. The van der Waals surface area contributed by atoms with E-state index in [1.165, 1.54) is 0 Å². The molecule has 1 atom stereocenters. The molecule has 2 aromatic carbocycles. The lowest BCUT2D eigenvalue weighted by molar-refractivity contribution is -0.142. The van der Waals surface area contributed by atoms with Gasteiger partial charge in [-0.25, -0.2) is 0 Å². The number of carbonyl (C=O) groups is 2. The SMILES string of the molecule is C=CNCc1ccc(OCC(=O)N(Cc2ccc(OCCC)c(C)c2)[C@H]2CCCCNC2=O)cc1. The van der Waals surface area contributed by atoms with Crippen molar-refractivity contribution in [2.45, 2.75) is 58.7 Å². The van der Waals surface area contributed by atoms with Crippen molar-refractivity contribution in [2.24, 2.45) is 0 Å². The molecule has 7 nitrogen and oxygen atoms in total. The molecule has 1 saturated heterocycles. The van der Waals surface area contributed by atoms with Crippen LogP contribution in [0.1, 0.15) is 49.3 Å². The van der Waals surface area contributed by atoms with E-state index in [9.17, 15) is 9.59 Å². The van der Waals surface area contributed by atoms with Crippen molar-refractivity contribution in [1.29, 1.82) is 0 Å². The van der Waals surface area contributed by atoms with Gasteiger partial charge in [0.15, 0.2) is 6.61 Å². The Morgan fingerprint density at radius 3 is 2.66 bits per heavy atom. The maximum absolute atomic E-state index is 13.4. The van der Waals surface area contributed by atoms with Crippen molar-refractivity contribution in [1.82, 2.24) is 15.5 Å². The minimum absolute atomic E-state index is 0.102. The van der Waals surface area contributed by atoms with E-state index in [1.807, 2.05) is 49.4 Å². The summed E-state index contributed by atoms with van der Waals surface area (Å²) in [4.78, 5) is 27.8. The van der Waals surface area contributed by atoms with Gasteiger partial charge in [-0.05, 0) is 73.7 Å². The first-order valence-electron chi connectivity index (χ1n) is 12.4. The number of benzene rings is 2. The van der Waals surface area contributed by atoms with Crippen LogP contribution in [0.4, 0.5) is 0 Å². The third-order valence-corrected chi connectivity index (χ3v) is 5.99. The summed E-state index contributed by atoms with van der Waals surface area (Å²) in [5.74, 6) is 1.14. The second kappa shape index (κ2) is 13.4. The Bertz CT molecular complexity index is 990. The molecule has 0 aliphatic carbocycles. The van der Waals surface area contributed by atoms with Crippen molar-refractivity contribution in [3.05, 3.63) is 71.9 Å². The van der Waals surface area contributed by atoms with Crippen LogP contribution in [0.5, 0.6) is 11.5 Å². The van der Waals surface area contributed by atoms with E-state index in [4.69, 9.17) is 9.47 Å². The summed E-state index contributed by atoms with van der Waals surface area (Å²) in [5, 5.41) is 6.00. The molecular formula is C28H37N3O4. The van der Waals surface area contributed by atoms with E-state index >= 15 is 0 Å². The largest absolute Gasteiger partial charge is 0.493 e. The summed E-state index contributed by atoms with van der Waals surface area (Å²) in [7, 11) is 0. The van der Waals surface area contributed by atoms with E-state index in [0.29, 0.717) is 38.4 Å². The van der Waals surface area contributed by atoms with Gasteiger partial charge in [0, 0.05) is 19.6 Å². The van der Waals surface area contributed by atoms with E-state index in [-0.39, 0.29) is 18.4 Å². The molecule has 2 amide bonds. The molecule has 0 spiro atoms. The Labute approximate surface area is 208 Å². The lowest BCUT2D eigenvalue weighted by Crippen LogP contribution is -2.49. The average molecular weight is 480 g/mol. The van der Waals surface area contributed by atoms with Gasteiger partial charge >= 0.3 is 0 Å². The summed E-state index contributed by atoms with van der Waals surface area (Å²) in [5.41, 5.74) is 3.05. The number of hydrogen-bond donors (Lipinski definition) is 2. The van der Waals surface area contributed by atoms with Crippen LogP contribution in [0, 0.1) is 6.92 Å². The first-order valence-corrected chi connectivity index (χ1v) is 12.4. The number of nitrogens with zero attached hydrogens (tertiary/aromatic N) is 1. The number of nitrogens with one attached hydrogen (secondary N) is 2. The summed E-state index contributed by atoms with van der Waals surface area (Å²) in [6.07, 6.45) is 5.02. The van der Waals surface area contributed by atoms with E-state index in [2.05, 4.69) is 24.1 Å². The van der Waals surface area contributed by atoms with Crippen LogP contribution in [0.2, 0.25) is 0 Å². The van der Waals surface area contributed by atoms with Crippen molar-refractivity contribution < 1.29 is 19.1 Å². The van der Waals surface area contributed by atoms with Gasteiger partial charge < -0.3 is 25.0 Å². The fourth-order valence-electron chi connectivity index (χ4n) is 4.09. The third kappa shape index (κ3) is 7.77. The summed E-state index contributed by atoms with van der Waals surface area (Å²) in [6, 6.07) is 13.0. The van der Waals surface area contributed by atoms with E-state index in [1.54, 1.807) is 11.1 Å². The number of carbonyl (C=O) groups excluding carboxylic acids is 2. The zero-order chi connectivity index (χ0) is 25.0. The summed E-state index contributed by atoms with van der Waals surface area (Å²) < 4.78 is 11.6. The summed E-state index contributed by atoms with van der Waals surface area (Å²) >= 11 is 0. The minimum atomic E-state index is -0.516. The Hall–Kier alpha value is -3.48. The standard InChI is InChI=1S/C28H37N3O4/c1-4-16-34-26-14-11-23(17-21(26)3)19-31(25-8-6-7-15-30-28(25)33)27(32)20-35-24-12-9-22(10-13-24)18-29-5-2/h5,9-14,17,25,29H,2,4,6-8,15-16,18-20H2,1,3H3,(H,30,33)/t25-/m0/s1. The molecule has 2 N–H and O–H groups in total. The van der Waals surface area contributed by atoms with Gasteiger partial charge in [0.05, 0.1) is 6.61 Å². The van der Waals surface area contributed by atoms with E-state index < -0.39 is 6.04 Å². The van der Waals surface area contributed by atoms with Gasteiger partial charge in [-0.1, -0.05) is 37.8 Å². The predicted molar refractivity (Wildman–Crippen MR) is 137 cm³/mol. The van der Waals surface area contributed by atoms with E-state index in [0.717, 1.165) is 41.7 Å². The molecule has 3 rings (SSSR count). The molecule has 0 aromatic heterocycles. The Balaban J connectivity index is 1.72. The molecular weight excluding hydrogens is 442 g/mol. The molecule has 0 saturated carbocycles. The highest BCUT2D eigenvalue weighted by Crippen LogP contribution is 2.23. The van der Waals surface area contributed by atoms with Gasteiger partial charge in [0.2, 0.25) is 5.91 Å². The maximum atomic E-state index is 13.4. The third-order valence-electron chi connectivity index (χ3n) is 5.99. The van der Waals surface area contributed by atoms with Crippen LogP contribution in [0.3, 0.4) is 0 Å². The van der Waals surface area contributed by atoms with Gasteiger partial charge in [-0.2, -0.15) is 0 Å². The number of ether oxygens (including phenoxy) is 2. The number of amides is 2. The van der Waals surface area contributed by atoms with Crippen LogP contribution in [-0.4, -0.2) is 42.5 Å². The van der Waals surface area contributed by atoms with Crippen molar-refractivity contribution >= 4 is 11.8 Å². The first-order chi connectivity index (χ1) is 17.0. The molecule has 1 fully saturated rings. The van der Waals surface area contributed by atoms with Crippen LogP contribution in [-0.2, 0) is 22.7 Å². The molecule has 0 unspecified atom stereocenters. The molecule has 2 aromatic rings. The second-order valence-corrected chi connectivity index (χ2v) is 8.79. The zero-order valence-corrected chi connectivity index (χ0v) is 20.8. The molecule has 1 heterocycles. The van der Waals surface area contributed by atoms with Crippen LogP contribution in [0.15, 0.2) is 55.2 Å². The molecule has 35 heavy (non-hydrogen) atoms. The summed E-state index contributed by atoms with van der Waals surface area (Å²) in [6.45, 7) is 9.89. The molecule has 0 bridgehead atoms. The highest BCUT2D eigenvalue weighted by atomic mass is 16.5. The van der Waals surface area contributed by atoms with Gasteiger partial charge in [-0.15, -0.1) is 0 Å². The quantitative estimate of drug-likeness (QED) is 0.479. The topological polar surface area (TPSA) is 79.9 Å². The van der Waals surface area contributed by atoms with Crippen LogP contribution < -0.4 is 20.1 Å². The van der Waals surface area contributed by atoms with Gasteiger partial charge in [0.25, 0.3) is 5.91 Å². The number of rotatable bonds is 12. The monoisotopic (exact) mass is 479 g/mol. The average Bonchev–Trinajstić information content (AvgIpc) is 3.08. The lowest BCUT2D eigenvalue weighted by Gasteiger charge is -2.30. The maximum Gasteiger partial charge on any atom is 0.261 e. The predicted octanol–water partition coefficient (Wildman–Crippen LogP) is 4.09. The highest BCUT2D eigenvalue weighted by molar-refractivity contribution is 5.88. The second-order valence-electron chi connectivity index (χ2n) is 8.79.